The van der Waals surface area contributed by atoms with Gasteiger partial charge in [-0.1, -0.05) is 53.6 Å². The van der Waals surface area contributed by atoms with Crippen LogP contribution in [-0.4, -0.2) is 53.7 Å². The Hall–Kier alpha value is -2.70. The Morgan fingerprint density at radius 1 is 1.18 bits per heavy atom. The van der Waals surface area contributed by atoms with E-state index in [4.69, 9.17) is 21.4 Å². The Bertz CT molecular complexity index is 1040. The molecule has 0 aromatic heterocycles. The van der Waals surface area contributed by atoms with E-state index in [1.54, 1.807) is 5.01 Å². The molecule has 0 bridgehead atoms. The lowest BCUT2D eigenvalue weighted by molar-refractivity contribution is -0.150. The van der Waals surface area contributed by atoms with Crippen LogP contribution in [0.3, 0.4) is 0 Å². The number of rotatable bonds is 6. The quantitative estimate of drug-likeness (QED) is 0.582. The van der Waals surface area contributed by atoms with E-state index >= 15 is 0 Å². The minimum absolute atomic E-state index is 0.0675. The molecular weight excluding hydrogens is 438 g/mol. The molecule has 2 aromatic carbocycles. The van der Waals surface area contributed by atoms with Gasteiger partial charge in [-0.15, -0.1) is 0 Å². The van der Waals surface area contributed by atoms with Crippen molar-refractivity contribution in [3.8, 4) is 0 Å². The average molecular weight is 468 g/mol. The van der Waals surface area contributed by atoms with Crippen LogP contribution >= 0.6 is 11.6 Å². The molecule has 0 N–H and O–H groups in total. The SMILES string of the molecule is CCOC(=O)[C@@H]1CCCN(CC(=O)N2N=C(c3cccc(C)c3)C[C@H]2c2ccc(Cl)cc2)C1. The third kappa shape index (κ3) is 5.63. The van der Waals surface area contributed by atoms with Crippen LogP contribution in [0.4, 0.5) is 0 Å². The zero-order valence-electron chi connectivity index (χ0n) is 19.2. The van der Waals surface area contributed by atoms with E-state index < -0.39 is 0 Å². The van der Waals surface area contributed by atoms with E-state index in [-0.39, 0.29) is 30.4 Å². The summed E-state index contributed by atoms with van der Waals surface area (Å²) in [6.07, 6.45) is 2.31. The zero-order chi connectivity index (χ0) is 23.4. The first-order valence-electron chi connectivity index (χ1n) is 11.6. The lowest BCUT2D eigenvalue weighted by Gasteiger charge is -2.32. The normalized spacial score (nSPS) is 21.1. The first kappa shape index (κ1) is 23.5. The van der Waals surface area contributed by atoms with Gasteiger partial charge in [-0.25, -0.2) is 5.01 Å². The predicted octanol–water partition coefficient (Wildman–Crippen LogP) is 4.60. The van der Waals surface area contributed by atoms with Crippen molar-refractivity contribution in [1.29, 1.82) is 0 Å². The number of esters is 1. The van der Waals surface area contributed by atoms with Crippen LogP contribution < -0.4 is 0 Å². The second-order valence-electron chi connectivity index (χ2n) is 8.75. The first-order chi connectivity index (χ1) is 15.9. The van der Waals surface area contributed by atoms with E-state index in [9.17, 15) is 9.59 Å². The topological polar surface area (TPSA) is 62.2 Å². The van der Waals surface area contributed by atoms with Gasteiger partial charge < -0.3 is 4.74 Å². The number of ether oxygens (including phenoxy) is 1. The van der Waals surface area contributed by atoms with Crippen LogP contribution in [0.1, 0.15) is 48.9 Å². The molecule has 0 aliphatic carbocycles. The Labute approximate surface area is 200 Å². The number of likely N-dealkylation sites (tertiary alicyclic amines) is 1. The van der Waals surface area contributed by atoms with Crippen LogP contribution in [0.15, 0.2) is 53.6 Å². The summed E-state index contributed by atoms with van der Waals surface area (Å²) in [6, 6.07) is 15.6. The monoisotopic (exact) mass is 467 g/mol. The maximum Gasteiger partial charge on any atom is 0.310 e. The summed E-state index contributed by atoms with van der Waals surface area (Å²) in [5, 5.41) is 7.06. The third-order valence-corrected chi connectivity index (χ3v) is 6.51. The van der Waals surface area contributed by atoms with Gasteiger partial charge in [0.15, 0.2) is 0 Å². The number of benzene rings is 2. The molecule has 1 amide bonds. The van der Waals surface area contributed by atoms with Gasteiger partial charge in [0.2, 0.25) is 0 Å². The van der Waals surface area contributed by atoms with Crippen molar-refractivity contribution < 1.29 is 14.3 Å². The summed E-state index contributed by atoms with van der Waals surface area (Å²) in [5.41, 5.74) is 4.09. The summed E-state index contributed by atoms with van der Waals surface area (Å²) < 4.78 is 5.20. The van der Waals surface area contributed by atoms with E-state index in [1.165, 1.54) is 0 Å². The molecule has 1 saturated heterocycles. The fourth-order valence-electron chi connectivity index (χ4n) is 4.60. The molecule has 4 rings (SSSR count). The van der Waals surface area contributed by atoms with Gasteiger partial charge in [-0.3, -0.25) is 14.5 Å². The van der Waals surface area contributed by atoms with Crippen molar-refractivity contribution in [2.45, 2.75) is 39.2 Å². The van der Waals surface area contributed by atoms with E-state index in [1.807, 2.05) is 48.2 Å². The van der Waals surface area contributed by atoms with Crippen molar-refractivity contribution in [3.05, 3.63) is 70.2 Å². The Morgan fingerprint density at radius 2 is 1.97 bits per heavy atom. The number of amides is 1. The summed E-state index contributed by atoms with van der Waals surface area (Å²) in [7, 11) is 0. The number of hydrogen-bond acceptors (Lipinski definition) is 5. The standard InChI is InChI=1S/C26H30ClN3O3/c1-3-33-26(32)21-8-5-13-29(16-21)17-25(31)30-24(19-9-11-22(27)12-10-19)15-23(28-30)20-7-4-6-18(2)14-20/h4,6-7,9-12,14,21,24H,3,5,8,13,15-17H2,1-2H3/t21-,24+/m1/s1. The number of halogens is 1. The van der Waals surface area contributed by atoms with Crippen molar-refractivity contribution >= 4 is 29.2 Å². The summed E-state index contributed by atoms with van der Waals surface area (Å²) in [5.74, 6) is -0.416. The molecule has 2 heterocycles. The molecule has 2 aliphatic heterocycles. The van der Waals surface area contributed by atoms with Gasteiger partial charge in [-0.05, 0) is 56.5 Å². The molecule has 0 spiro atoms. The summed E-state index contributed by atoms with van der Waals surface area (Å²) >= 11 is 6.10. The molecule has 0 unspecified atom stereocenters. The van der Waals surface area contributed by atoms with E-state index in [0.29, 0.717) is 24.6 Å². The molecule has 174 valence electrons. The molecule has 0 saturated carbocycles. The van der Waals surface area contributed by atoms with Crippen LogP contribution in [0.25, 0.3) is 0 Å². The minimum Gasteiger partial charge on any atom is -0.466 e. The number of carbonyl (C=O) groups excluding carboxylic acids is 2. The van der Waals surface area contributed by atoms with E-state index in [2.05, 4.69) is 19.1 Å². The highest BCUT2D eigenvalue weighted by molar-refractivity contribution is 6.30. The van der Waals surface area contributed by atoms with Crippen LogP contribution in [0.5, 0.6) is 0 Å². The van der Waals surface area contributed by atoms with Gasteiger partial charge in [0.1, 0.15) is 0 Å². The maximum atomic E-state index is 13.4. The fraction of sp³-hybridized carbons (Fsp3) is 0.423. The van der Waals surface area contributed by atoms with Gasteiger partial charge in [-0.2, -0.15) is 5.10 Å². The van der Waals surface area contributed by atoms with Gasteiger partial charge >= 0.3 is 5.97 Å². The smallest absolute Gasteiger partial charge is 0.310 e. The Balaban J connectivity index is 1.54. The second-order valence-corrected chi connectivity index (χ2v) is 9.19. The average Bonchev–Trinajstić information content (AvgIpc) is 3.26. The van der Waals surface area contributed by atoms with E-state index in [0.717, 1.165) is 41.8 Å². The molecule has 2 aliphatic rings. The Kier molecular flexibility index (Phi) is 7.46. The molecule has 2 aromatic rings. The van der Waals surface area contributed by atoms with Gasteiger partial charge in [0, 0.05) is 18.0 Å². The Morgan fingerprint density at radius 3 is 2.70 bits per heavy atom. The molecule has 1 fully saturated rings. The number of carbonyl (C=O) groups is 2. The fourth-order valence-corrected chi connectivity index (χ4v) is 4.73. The van der Waals surface area contributed by atoms with Crippen LogP contribution in [0.2, 0.25) is 5.02 Å². The number of aryl methyl sites for hydroxylation is 1. The number of nitrogens with zero attached hydrogens (tertiary/aromatic N) is 3. The number of hydrazone groups is 1. The summed E-state index contributed by atoms with van der Waals surface area (Å²) in [6.45, 7) is 5.80. The number of piperidine rings is 1. The highest BCUT2D eigenvalue weighted by Gasteiger charge is 2.35. The van der Waals surface area contributed by atoms with Gasteiger partial charge in [0.05, 0.1) is 30.8 Å². The summed E-state index contributed by atoms with van der Waals surface area (Å²) in [4.78, 5) is 27.7. The predicted molar refractivity (Wildman–Crippen MR) is 129 cm³/mol. The maximum absolute atomic E-state index is 13.4. The van der Waals surface area contributed by atoms with Crippen LogP contribution in [-0.2, 0) is 14.3 Å². The molecule has 6 nitrogen and oxygen atoms in total. The first-order valence-corrected chi connectivity index (χ1v) is 11.9. The zero-order valence-corrected chi connectivity index (χ0v) is 19.9. The van der Waals surface area contributed by atoms with Crippen molar-refractivity contribution in [2.24, 2.45) is 11.0 Å². The molecular formula is C26H30ClN3O3. The van der Waals surface area contributed by atoms with Crippen molar-refractivity contribution in [3.63, 3.8) is 0 Å². The highest BCUT2D eigenvalue weighted by atomic mass is 35.5. The van der Waals surface area contributed by atoms with Crippen LogP contribution in [0, 0.1) is 12.8 Å². The van der Waals surface area contributed by atoms with Crippen molar-refractivity contribution in [1.82, 2.24) is 9.91 Å². The molecule has 7 heteroatoms. The highest BCUT2D eigenvalue weighted by Crippen LogP contribution is 2.34. The molecule has 0 radical (unpaired) electrons. The van der Waals surface area contributed by atoms with Crippen molar-refractivity contribution in [2.75, 3.05) is 26.2 Å². The molecule has 33 heavy (non-hydrogen) atoms. The second kappa shape index (κ2) is 10.5. The minimum atomic E-state index is -0.184. The van der Waals surface area contributed by atoms with Gasteiger partial charge in [0.25, 0.3) is 5.91 Å². The third-order valence-electron chi connectivity index (χ3n) is 6.26. The largest absolute Gasteiger partial charge is 0.466 e. The molecule has 2 atom stereocenters. The lowest BCUT2D eigenvalue weighted by Crippen LogP contribution is -2.44. The number of hydrogen-bond donors (Lipinski definition) is 0. The lowest BCUT2D eigenvalue weighted by atomic mass is 9.97.